The molecule has 0 aromatic heterocycles. The number of nitrogens with one attached hydrogen (secondary N) is 1. The third-order valence-electron chi connectivity index (χ3n) is 3.00. The molecule has 0 aliphatic carbocycles. The van der Waals surface area contributed by atoms with E-state index in [0.717, 1.165) is 13.1 Å². The van der Waals surface area contributed by atoms with Crippen molar-refractivity contribution in [2.24, 2.45) is 5.41 Å². The van der Waals surface area contributed by atoms with Gasteiger partial charge in [-0.2, -0.15) is 0 Å². The highest BCUT2D eigenvalue weighted by Gasteiger charge is 2.18. The monoisotopic (exact) mass is 314 g/mol. The number of hydrogen-bond acceptors (Lipinski definition) is 4. The van der Waals surface area contributed by atoms with Crippen molar-refractivity contribution in [3.05, 3.63) is 29.3 Å². The van der Waals surface area contributed by atoms with E-state index in [1.54, 1.807) is 12.1 Å². The molecule has 21 heavy (non-hydrogen) atoms. The Hall–Kier alpha value is -0.810. The van der Waals surface area contributed by atoms with Crippen LogP contribution in [0.4, 0.5) is 0 Å². The Balaban J connectivity index is 2.25. The molecule has 0 spiro atoms. The third-order valence-corrected chi connectivity index (χ3v) is 3.31. The van der Waals surface area contributed by atoms with Crippen LogP contribution in [0.25, 0.3) is 0 Å². The van der Waals surface area contributed by atoms with Gasteiger partial charge in [0, 0.05) is 19.6 Å². The maximum absolute atomic E-state index is 9.94. The Labute approximate surface area is 133 Å². The molecular formula is C16H27ClN2O2. The summed E-state index contributed by atoms with van der Waals surface area (Å²) in [5, 5.41) is 13.8. The number of nitrogens with zero attached hydrogens (tertiary/aromatic N) is 1. The molecule has 1 rings (SSSR count). The van der Waals surface area contributed by atoms with Crippen molar-refractivity contribution in [2.75, 3.05) is 40.3 Å². The molecular weight excluding hydrogens is 288 g/mol. The molecule has 0 fully saturated rings. The number of benzene rings is 1. The van der Waals surface area contributed by atoms with Gasteiger partial charge in [-0.3, -0.25) is 0 Å². The lowest BCUT2D eigenvalue weighted by Crippen LogP contribution is -2.41. The molecule has 2 N–H and O–H groups in total. The van der Waals surface area contributed by atoms with Crippen LogP contribution in [-0.2, 0) is 0 Å². The fourth-order valence-corrected chi connectivity index (χ4v) is 2.49. The van der Waals surface area contributed by atoms with Crippen molar-refractivity contribution >= 4 is 11.6 Å². The molecule has 1 aromatic rings. The van der Waals surface area contributed by atoms with E-state index in [1.165, 1.54) is 0 Å². The predicted molar refractivity (Wildman–Crippen MR) is 88.2 cm³/mol. The van der Waals surface area contributed by atoms with E-state index in [4.69, 9.17) is 16.3 Å². The van der Waals surface area contributed by atoms with E-state index < -0.39 is 6.10 Å². The second kappa shape index (κ2) is 8.59. The molecule has 0 aliphatic rings. The minimum Gasteiger partial charge on any atom is -0.489 e. The number of para-hydroxylation sites is 1. The van der Waals surface area contributed by atoms with E-state index in [0.29, 0.717) is 17.3 Å². The first-order valence-corrected chi connectivity index (χ1v) is 7.59. The van der Waals surface area contributed by atoms with Crippen LogP contribution in [0, 0.1) is 5.41 Å². The lowest BCUT2D eigenvalue weighted by atomic mass is 9.93. The Morgan fingerprint density at radius 1 is 1.33 bits per heavy atom. The van der Waals surface area contributed by atoms with Crippen LogP contribution in [0.5, 0.6) is 5.75 Å². The van der Waals surface area contributed by atoms with E-state index in [1.807, 2.05) is 12.1 Å². The zero-order chi connectivity index (χ0) is 15.9. The van der Waals surface area contributed by atoms with Crippen LogP contribution < -0.4 is 10.1 Å². The Bertz CT molecular complexity index is 424. The smallest absolute Gasteiger partial charge is 0.138 e. The van der Waals surface area contributed by atoms with Gasteiger partial charge in [0.25, 0.3) is 0 Å². The maximum Gasteiger partial charge on any atom is 0.138 e. The number of hydrogen-bond donors (Lipinski definition) is 2. The van der Waals surface area contributed by atoms with E-state index >= 15 is 0 Å². The lowest BCUT2D eigenvalue weighted by Gasteiger charge is -2.29. The zero-order valence-electron chi connectivity index (χ0n) is 13.4. The summed E-state index contributed by atoms with van der Waals surface area (Å²) in [4.78, 5) is 2.17. The average Bonchev–Trinajstić information content (AvgIpc) is 2.36. The summed E-state index contributed by atoms with van der Waals surface area (Å²) in [5.41, 5.74) is 0.160. The lowest BCUT2D eigenvalue weighted by molar-refractivity contribution is 0.102. The van der Waals surface area contributed by atoms with Crippen LogP contribution in [0.15, 0.2) is 24.3 Å². The molecule has 0 radical (unpaired) electrons. The van der Waals surface area contributed by atoms with Gasteiger partial charge in [-0.1, -0.05) is 37.6 Å². The summed E-state index contributed by atoms with van der Waals surface area (Å²) >= 11 is 5.99. The fraction of sp³-hybridized carbons (Fsp3) is 0.625. The molecule has 5 heteroatoms. The number of rotatable bonds is 9. The zero-order valence-corrected chi connectivity index (χ0v) is 14.2. The molecule has 0 aliphatic heterocycles. The van der Waals surface area contributed by atoms with Crippen molar-refractivity contribution < 1.29 is 9.84 Å². The Morgan fingerprint density at radius 2 is 2.00 bits per heavy atom. The molecule has 0 heterocycles. The summed E-state index contributed by atoms with van der Waals surface area (Å²) < 4.78 is 5.52. The summed E-state index contributed by atoms with van der Waals surface area (Å²) in [5.74, 6) is 0.603. The SMILES string of the molecule is CN(C)CC(C)(C)CNCC(O)COc1ccccc1Cl. The number of aliphatic hydroxyl groups is 1. The summed E-state index contributed by atoms with van der Waals surface area (Å²) in [6.07, 6.45) is -0.559. The summed E-state index contributed by atoms with van der Waals surface area (Å²) in [6.45, 7) is 6.96. The van der Waals surface area contributed by atoms with Crippen molar-refractivity contribution in [3.8, 4) is 5.75 Å². The number of halogens is 1. The van der Waals surface area contributed by atoms with Crippen molar-refractivity contribution in [1.82, 2.24) is 10.2 Å². The standard InChI is InChI=1S/C16H27ClN2O2/c1-16(2,12-19(3)4)11-18-9-13(20)10-21-15-8-6-5-7-14(15)17/h5-8,13,18,20H,9-12H2,1-4H3. The Kier molecular flexibility index (Phi) is 7.46. The van der Waals surface area contributed by atoms with Gasteiger partial charge < -0.3 is 20.1 Å². The average molecular weight is 315 g/mol. The van der Waals surface area contributed by atoms with Gasteiger partial charge in [-0.05, 0) is 31.6 Å². The fourth-order valence-electron chi connectivity index (χ4n) is 2.30. The molecule has 0 saturated heterocycles. The molecule has 0 bridgehead atoms. The molecule has 0 saturated carbocycles. The number of aliphatic hydroxyl groups excluding tert-OH is 1. The van der Waals surface area contributed by atoms with Gasteiger partial charge in [-0.15, -0.1) is 0 Å². The van der Waals surface area contributed by atoms with Crippen LogP contribution in [0.2, 0.25) is 5.02 Å². The van der Waals surface area contributed by atoms with Gasteiger partial charge in [0.15, 0.2) is 0 Å². The van der Waals surface area contributed by atoms with Crippen LogP contribution in [-0.4, -0.2) is 56.4 Å². The second-order valence-corrected chi connectivity index (χ2v) is 6.84. The minimum absolute atomic E-state index is 0.160. The molecule has 1 unspecified atom stereocenters. The first-order chi connectivity index (χ1) is 9.80. The largest absolute Gasteiger partial charge is 0.489 e. The molecule has 120 valence electrons. The normalized spacial score (nSPS) is 13.5. The van der Waals surface area contributed by atoms with Crippen molar-refractivity contribution in [2.45, 2.75) is 20.0 Å². The summed E-state index contributed by atoms with van der Waals surface area (Å²) in [7, 11) is 4.13. The first-order valence-electron chi connectivity index (χ1n) is 7.21. The van der Waals surface area contributed by atoms with Gasteiger partial charge in [0.05, 0.1) is 5.02 Å². The quantitative estimate of drug-likeness (QED) is 0.734. The highest BCUT2D eigenvalue weighted by Crippen LogP contribution is 2.23. The molecule has 1 atom stereocenters. The van der Waals surface area contributed by atoms with Crippen molar-refractivity contribution in [1.29, 1.82) is 0 Å². The van der Waals surface area contributed by atoms with Crippen LogP contribution in [0.1, 0.15) is 13.8 Å². The van der Waals surface area contributed by atoms with Crippen LogP contribution >= 0.6 is 11.6 Å². The van der Waals surface area contributed by atoms with Gasteiger partial charge in [0.2, 0.25) is 0 Å². The highest BCUT2D eigenvalue weighted by molar-refractivity contribution is 6.32. The third kappa shape index (κ3) is 7.67. The van der Waals surface area contributed by atoms with Crippen molar-refractivity contribution in [3.63, 3.8) is 0 Å². The van der Waals surface area contributed by atoms with E-state index in [9.17, 15) is 5.11 Å². The Morgan fingerprint density at radius 3 is 2.62 bits per heavy atom. The van der Waals surface area contributed by atoms with Gasteiger partial charge >= 0.3 is 0 Å². The highest BCUT2D eigenvalue weighted by atomic mass is 35.5. The predicted octanol–water partition coefficient (Wildman–Crippen LogP) is 2.26. The van der Waals surface area contributed by atoms with Gasteiger partial charge in [-0.25, -0.2) is 0 Å². The topological polar surface area (TPSA) is 44.7 Å². The van der Waals surface area contributed by atoms with Crippen LogP contribution in [0.3, 0.4) is 0 Å². The minimum atomic E-state index is -0.559. The maximum atomic E-state index is 9.94. The number of ether oxygens (including phenoxy) is 1. The first kappa shape index (κ1) is 18.2. The van der Waals surface area contributed by atoms with E-state index in [-0.39, 0.29) is 12.0 Å². The molecule has 1 aromatic carbocycles. The second-order valence-electron chi connectivity index (χ2n) is 6.43. The molecule has 4 nitrogen and oxygen atoms in total. The summed E-state index contributed by atoms with van der Waals surface area (Å²) in [6, 6.07) is 7.27. The molecule has 0 amide bonds. The van der Waals surface area contributed by atoms with E-state index in [2.05, 4.69) is 38.2 Å². The van der Waals surface area contributed by atoms with Gasteiger partial charge in [0.1, 0.15) is 18.5 Å².